The number of carboxylic acid groups (broad SMARTS) is 1. The summed E-state index contributed by atoms with van der Waals surface area (Å²) in [5, 5.41) is 12.6. The lowest BCUT2D eigenvalue weighted by Gasteiger charge is -2.33. The highest BCUT2D eigenvalue weighted by atomic mass is 16.4. The predicted octanol–water partition coefficient (Wildman–Crippen LogP) is 3.62. The minimum absolute atomic E-state index is 0.0305. The number of amides is 3. The van der Waals surface area contributed by atoms with Gasteiger partial charge in [-0.05, 0) is 36.7 Å². The normalized spacial score (nSPS) is 17.6. The van der Waals surface area contributed by atoms with Gasteiger partial charge in [0.1, 0.15) is 11.7 Å². The zero-order valence-corrected chi connectivity index (χ0v) is 32.9. The molecule has 3 amide bonds. The van der Waals surface area contributed by atoms with Crippen LogP contribution in [0, 0.1) is 35.5 Å². The Morgan fingerprint density at radius 2 is 1.58 bits per heavy atom. The van der Waals surface area contributed by atoms with Crippen molar-refractivity contribution in [2.45, 2.75) is 91.6 Å². The maximum Gasteiger partial charge on any atom is 0.307 e. The quantitative estimate of drug-likeness (QED) is 0.176. The highest BCUT2D eigenvalue weighted by Crippen LogP contribution is 2.33. The summed E-state index contributed by atoms with van der Waals surface area (Å²) >= 11 is 0. The van der Waals surface area contributed by atoms with Gasteiger partial charge in [0.2, 0.25) is 17.6 Å². The van der Waals surface area contributed by atoms with Crippen molar-refractivity contribution >= 4 is 46.8 Å². The molecule has 0 radical (unpaired) electrons. The summed E-state index contributed by atoms with van der Waals surface area (Å²) in [6.45, 7) is 8.93. The Balaban J connectivity index is 1.86. The molecule has 3 rings (SSSR count). The van der Waals surface area contributed by atoms with Gasteiger partial charge in [0.15, 0.2) is 17.3 Å². The van der Waals surface area contributed by atoms with E-state index in [-0.39, 0.29) is 61.4 Å². The van der Waals surface area contributed by atoms with Crippen LogP contribution in [0.4, 0.5) is 0 Å². The molecule has 14 heteroatoms. The number of carbonyl (C=O) groups excluding carboxylic acids is 7. The van der Waals surface area contributed by atoms with Crippen LogP contribution >= 0.6 is 0 Å². The molecule has 6 atom stereocenters. The molecule has 2 heterocycles. The number of hydrogen-bond donors (Lipinski definition) is 2. The van der Waals surface area contributed by atoms with Gasteiger partial charge in [0.05, 0.1) is 24.1 Å². The number of nitrogens with zero attached hydrogens (tertiary/aromatic N) is 4. The summed E-state index contributed by atoms with van der Waals surface area (Å²) in [7, 11) is 3.09. The number of ketones is 4. The number of nitrogens with one attached hydrogen (secondary N) is 1. The monoisotopic (exact) mass is 761 g/mol. The van der Waals surface area contributed by atoms with Gasteiger partial charge in [0, 0.05) is 64.1 Å². The second kappa shape index (κ2) is 20.5. The predicted molar refractivity (Wildman–Crippen MR) is 202 cm³/mol. The Kier molecular flexibility index (Phi) is 16.5. The molecule has 1 saturated heterocycles. The largest absolute Gasteiger partial charge is 0.481 e. The van der Waals surface area contributed by atoms with Gasteiger partial charge in [-0.1, -0.05) is 71.4 Å². The van der Waals surface area contributed by atoms with Crippen LogP contribution in [-0.4, -0.2) is 104 Å². The van der Waals surface area contributed by atoms with Gasteiger partial charge in [-0.15, -0.1) is 0 Å². The molecule has 1 aromatic carbocycles. The van der Waals surface area contributed by atoms with Crippen LogP contribution in [0.15, 0.2) is 48.9 Å². The van der Waals surface area contributed by atoms with Crippen molar-refractivity contribution < 1.29 is 43.5 Å². The number of aromatic nitrogens is 2. The van der Waals surface area contributed by atoms with E-state index in [0.29, 0.717) is 12.0 Å². The van der Waals surface area contributed by atoms with Crippen LogP contribution in [0.3, 0.4) is 0 Å². The molecule has 1 fully saturated rings. The lowest BCUT2D eigenvalue weighted by atomic mass is 9.82. The average molecular weight is 762 g/mol. The van der Waals surface area contributed by atoms with Gasteiger partial charge < -0.3 is 20.2 Å². The van der Waals surface area contributed by atoms with Crippen molar-refractivity contribution in [1.29, 1.82) is 0 Å². The van der Waals surface area contributed by atoms with Crippen LogP contribution in [0.25, 0.3) is 0 Å². The number of rotatable bonds is 21. The number of hydrogen-bond acceptors (Lipinski definition) is 10. The topological polar surface area (TPSA) is 201 Å². The summed E-state index contributed by atoms with van der Waals surface area (Å²) in [6.07, 6.45) is 3.68. The van der Waals surface area contributed by atoms with Gasteiger partial charge in [-0.3, -0.25) is 43.3 Å². The number of Topliss-reactive ketones (excluding diaryl/α,β-unsaturated/α-hetero) is 4. The first-order chi connectivity index (χ1) is 26.0. The number of benzene rings is 1. The molecule has 1 aliphatic rings. The van der Waals surface area contributed by atoms with Gasteiger partial charge in [0.25, 0.3) is 5.91 Å². The molecule has 14 nitrogen and oxygen atoms in total. The molecule has 0 spiro atoms. The molecular weight excluding hydrogens is 706 g/mol. The second-order valence-electron chi connectivity index (χ2n) is 15.3. The average Bonchev–Trinajstić information content (AvgIpc) is 3.60. The molecular formula is C41H55N5O9. The van der Waals surface area contributed by atoms with Crippen molar-refractivity contribution in [2.24, 2.45) is 35.5 Å². The third-order valence-electron chi connectivity index (χ3n) is 10.2. The van der Waals surface area contributed by atoms with Crippen LogP contribution in [0.2, 0.25) is 0 Å². The van der Waals surface area contributed by atoms with Crippen LogP contribution < -0.4 is 5.32 Å². The molecule has 0 aliphatic carbocycles. The summed E-state index contributed by atoms with van der Waals surface area (Å²) in [5.74, 6) is -10.1. The van der Waals surface area contributed by atoms with E-state index < -0.39 is 83.7 Å². The first-order valence-corrected chi connectivity index (χ1v) is 19.0. The summed E-state index contributed by atoms with van der Waals surface area (Å²) < 4.78 is 0. The van der Waals surface area contributed by atoms with Crippen LogP contribution in [-0.2, 0) is 40.0 Å². The Bertz CT molecular complexity index is 1700. The van der Waals surface area contributed by atoms with E-state index in [4.69, 9.17) is 0 Å². The van der Waals surface area contributed by atoms with E-state index in [9.17, 15) is 43.5 Å². The smallest absolute Gasteiger partial charge is 0.307 e. The summed E-state index contributed by atoms with van der Waals surface area (Å²) in [5.41, 5.74) is 0.730. The third-order valence-corrected chi connectivity index (χ3v) is 10.2. The zero-order valence-electron chi connectivity index (χ0n) is 32.9. The van der Waals surface area contributed by atoms with Crippen molar-refractivity contribution in [3.8, 4) is 0 Å². The lowest BCUT2D eigenvalue weighted by molar-refractivity contribution is -0.148. The fourth-order valence-corrected chi connectivity index (χ4v) is 7.18. The van der Waals surface area contributed by atoms with Crippen LogP contribution in [0.5, 0.6) is 0 Å². The molecule has 1 aromatic heterocycles. The first-order valence-electron chi connectivity index (χ1n) is 19.0. The van der Waals surface area contributed by atoms with E-state index in [1.807, 2.05) is 0 Å². The van der Waals surface area contributed by atoms with E-state index in [0.717, 1.165) is 0 Å². The number of likely N-dealkylation sites (tertiary alicyclic amines) is 1. The van der Waals surface area contributed by atoms with Crippen molar-refractivity contribution in [3.05, 3.63) is 60.2 Å². The molecule has 0 bridgehead atoms. The molecule has 2 aromatic rings. The van der Waals surface area contributed by atoms with Crippen LogP contribution in [0.1, 0.15) is 89.2 Å². The molecule has 1 unspecified atom stereocenters. The SMILES string of the molecule is CCCC(CC(=O)[C@@H]1[C@@H](C(=O)N(C)C)CCN1C(=O)[C@@H](CC(=O)[C@@H](NC(=O)c1cnccn1)C(C)C)C(C)C)C(=O)C(=O)C[C@@H](Cc1ccccc1)C(=O)O. The molecule has 298 valence electrons. The van der Waals surface area contributed by atoms with E-state index in [1.165, 1.54) is 28.4 Å². The van der Waals surface area contributed by atoms with E-state index in [2.05, 4.69) is 15.3 Å². The van der Waals surface area contributed by atoms with E-state index in [1.54, 1.807) is 79.0 Å². The maximum absolute atomic E-state index is 14.4. The zero-order chi connectivity index (χ0) is 41.0. The minimum atomic E-state index is -1.25. The van der Waals surface area contributed by atoms with Crippen molar-refractivity contribution in [3.63, 3.8) is 0 Å². The standard InChI is InChI=1S/C41H55N5O9/c1-8-12-27(37(50)34(49)21-28(41(54)55)19-26-13-10-9-11-14-26)20-33(48)36-29(39(52)45(6)7)15-18-46(36)40(53)30(24(2)3)22-32(47)35(25(4)5)44-38(51)31-23-42-16-17-43-31/h9-11,13-14,16-17,23-25,27-30,35-36H,8,12,15,18-22H2,1-7H3,(H,44,51)(H,54,55)/t27?,28-,29+,30+,35+,36+/m1/s1. The molecule has 0 saturated carbocycles. The van der Waals surface area contributed by atoms with E-state index >= 15 is 0 Å². The molecule has 55 heavy (non-hydrogen) atoms. The Hall–Kier alpha value is -5.14. The Labute approximate surface area is 322 Å². The first kappa shape index (κ1) is 44.3. The third kappa shape index (κ3) is 11.9. The van der Waals surface area contributed by atoms with Gasteiger partial charge in [-0.25, -0.2) is 4.98 Å². The highest BCUT2D eigenvalue weighted by Gasteiger charge is 2.48. The maximum atomic E-state index is 14.4. The minimum Gasteiger partial charge on any atom is -0.481 e. The second-order valence-corrected chi connectivity index (χ2v) is 15.3. The van der Waals surface area contributed by atoms with Crippen molar-refractivity contribution in [2.75, 3.05) is 20.6 Å². The highest BCUT2D eigenvalue weighted by molar-refractivity contribution is 6.38. The molecule has 1 aliphatic heterocycles. The summed E-state index contributed by atoms with van der Waals surface area (Å²) in [4.78, 5) is 118. The van der Waals surface area contributed by atoms with Crippen molar-refractivity contribution in [1.82, 2.24) is 25.1 Å². The molecule has 2 N–H and O–H groups in total. The summed E-state index contributed by atoms with van der Waals surface area (Å²) in [6, 6.07) is 6.57. The number of carboxylic acids is 1. The fraction of sp³-hybridized carbons (Fsp3) is 0.561. The number of aliphatic carboxylic acids is 1. The van der Waals surface area contributed by atoms with Gasteiger partial charge in [-0.2, -0.15) is 0 Å². The Morgan fingerprint density at radius 1 is 0.909 bits per heavy atom. The number of carbonyl (C=O) groups is 8. The fourth-order valence-electron chi connectivity index (χ4n) is 7.18. The lowest BCUT2D eigenvalue weighted by Crippen LogP contribution is -2.51. The Morgan fingerprint density at radius 3 is 2.13 bits per heavy atom. The van der Waals surface area contributed by atoms with Gasteiger partial charge >= 0.3 is 5.97 Å².